The van der Waals surface area contributed by atoms with Gasteiger partial charge in [-0.2, -0.15) is 5.10 Å². The molecule has 7 rings (SSSR count). The van der Waals surface area contributed by atoms with Crippen molar-refractivity contribution in [1.82, 2.24) is 24.6 Å². The van der Waals surface area contributed by atoms with E-state index >= 15 is 0 Å². The Morgan fingerprint density at radius 1 is 1.02 bits per heavy atom. The number of nitrogens with zero attached hydrogens (tertiary/aromatic N) is 5. The van der Waals surface area contributed by atoms with Gasteiger partial charge in [-0.3, -0.25) is 14.4 Å². The number of thiazole rings is 1. The minimum absolute atomic E-state index is 0.194. The highest BCUT2D eigenvalue weighted by molar-refractivity contribution is 7.22. The lowest BCUT2D eigenvalue weighted by atomic mass is 9.90. The number of ether oxygens (including phenoxy) is 2. The summed E-state index contributed by atoms with van der Waals surface area (Å²) in [4.78, 5) is 34.8. The lowest BCUT2D eigenvalue weighted by Gasteiger charge is -2.47. The molecule has 2 saturated heterocycles. The van der Waals surface area contributed by atoms with Gasteiger partial charge in [0.2, 0.25) is 0 Å². The number of fused-ring (bicyclic) bond motifs is 2. The molecule has 2 fully saturated rings. The lowest BCUT2D eigenvalue weighted by molar-refractivity contribution is -0.142. The first-order valence-electron chi connectivity index (χ1n) is 17.9. The van der Waals surface area contributed by atoms with Gasteiger partial charge < -0.3 is 14.4 Å². The summed E-state index contributed by atoms with van der Waals surface area (Å²) in [5.41, 5.74) is 7.70. The summed E-state index contributed by atoms with van der Waals surface area (Å²) in [6.07, 6.45) is 2.80. The zero-order valence-electron chi connectivity index (χ0n) is 30.3. The number of aryl methyl sites for hydroxylation is 2. The van der Waals surface area contributed by atoms with E-state index in [2.05, 4.69) is 29.2 Å². The molecule has 0 bridgehead atoms. The second-order valence-corrected chi connectivity index (χ2v) is 16.3. The molecular formula is C40H46ClN5O4S. The minimum atomic E-state index is -0.479. The van der Waals surface area contributed by atoms with Gasteiger partial charge in [0.1, 0.15) is 10.6 Å². The molecule has 3 aromatic carbocycles. The average molecular weight is 728 g/mol. The number of hydrogen-bond donors (Lipinski definition) is 0. The van der Waals surface area contributed by atoms with E-state index in [9.17, 15) is 9.59 Å². The number of likely N-dealkylation sites (tertiary alicyclic amines) is 2. The van der Waals surface area contributed by atoms with Crippen molar-refractivity contribution < 1.29 is 19.1 Å². The molecule has 268 valence electrons. The number of carbonyl (C=O) groups is 2. The Morgan fingerprint density at radius 3 is 2.41 bits per heavy atom. The molecule has 51 heavy (non-hydrogen) atoms. The predicted octanol–water partition coefficient (Wildman–Crippen LogP) is 8.77. The van der Waals surface area contributed by atoms with E-state index in [0.717, 1.165) is 99.7 Å². The molecule has 4 heterocycles. The number of amides is 1. The molecule has 0 spiro atoms. The van der Waals surface area contributed by atoms with Crippen molar-refractivity contribution >= 4 is 56.1 Å². The summed E-state index contributed by atoms with van der Waals surface area (Å²) in [5.74, 6) is 0.127. The fourth-order valence-corrected chi connectivity index (χ4v) is 8.61. The van der Waals surface area contributed by atoms with Crippen LogP contribution in [0.5, 0.6) is 0 Å². The lowest BCUT2D eigenvalue weighted by Crippen LogP contribution is -2.62. The Morgan fingerprint density at radius 2 is 1.73 bits per heavy atom. The molecule has 0 unspecified atom stereocenters. The largest absolute Gasteiger partial charge is 0.465 e. The molecule has 0 N–H and O–H groups in total. The van der Waals surface area contributed by atoms with Crippen molar-refractivity contribution in [2.24, 2.45) is 7.05 Å². The molecule has 1 amide bonds. The third-order valence-corrected chi connectivity index (χ3v) is 11.4. The second kappa shape index (κ2) is 14.2. The van der Waals surface area contributed by atoms with E-state index in [4.69, 9.17) is 31.2 Å². The van der Waals surface area contributed by atoms with E-state index in [1.807, 2.05) is 70.6 Å². The minimum Gasteiger partial charge on any atom is -0.465 e. The maximum absolute atomic E-state index is 12.9. The van der Waals surface area contributed by atoms with Crippen molar-refractivity contribution in [3.8, 4) is 21.7 Å². The summed E-state index contributed by atoms with van der Waals surface area (Å²) in [7, 11) is 2.02. The van der Waals surface area contributed by atoms with Crippen LogP contribution < -0.4 is 0 Å². The van der Waals surface area contributed by atoms with Gasteiger partial charge in [0.25, 0.3) is 0 Å². The van der Waals surface area contributed by atoms with Gasteiger partial charge in [-0.15, -0.1) is 11.3 Å². The first kappa shape index (κ1) is 35.4. The SMILES string of the molecule is CCCOC(=O)Cc1c(C)cc2nc(-c3ccc4c(c3)c(C3CCN(C5CN(C(=O)OC(C)(C)C)C5)CC3)nn4C)sc2c1-c1ccc(Cl)cc1. The van der Waals surface area contributed by atoms with Gasteiger partial charge >= 0.3 is 12.1 Å². The zero-order chi connectivity index (χ0) is 36.0. The van der Waals surface area contributed by atoms with E-state index in [1.54, 1.807) is 16.2 Å². The number of aromatic nitrogens is 3. The van der Waals surface area contributed by atoms with Crippen molar-refractivity contribution in [1.29, 1.82) is 0 Å². The number of esters is 1. The first-order valence-corrected chi connectivity index (χ1v) is 19.1. The van der Waals surface area contributed by atoms with Gasteiger partial charge in [0, 0.05) is 53.6 Å². The van der Waals surface area contributed by atoms with E-state index in [-0.39, 0.29) is 18.5 Å². The normalized spacial score (nSPS) is 16.2. The van der Waals surface area contributed by atoms with Crippen LogP contribution in [0.15, 0.2) is 48.5 Å². The van der Waals surface area contributed by atoms with Gasteiger partial charge in [0.05, 0.1) is 34.5 Å². The number of carbonyl (C=O) groups excluding carboxylic acids is 2. The Hall–Kier alpha value is -3.99. The van der Waals surface area contributed by atoms with E-state index < -0.39 is 5.60 Å². The monoisotopic (exact) mass is 727 g/mol. The molecule has 0 saturated carbocycles. The molecule has 0 radical (unpaired) electrons. The summed E-state index contributed by atoms with van der Waals surface area (Å²) in [6, 6.07) is 16.8. The molecule has 9 nitrogen and oxygen atoms in total. The van der Waals surface area contributed by atoms with Crippen LogP contribution in [-0.4, -0.2) is 81.1 Å². The van der Waals surface area contributed by atoms with Crippen LogP contribution in [0.25, 0.3) is 42.8 Å². The first-order chi connectivity index (χ1) is 24.4. The molecule has 11 heteroatoms. The molecule has 0 aliphatic carbocycles. The molecule has 2 aliphatic heterocycles. The number of halogens is 1. The molecule has 0 atom stereocenters. The van der Waals surface area contributed by atoms with Gasteiger partial charge in [0.15, 0.2) is 0 Å². The highest BCUT2D eigenvalue weighted by Gasteiger charge is 2.39. The topological polar surface area (TPSA) is 89.8 Å². The third kappa shape index (κ3) is 7.36. The molecular weight excluding hydrogens is 682 g/mol. The predicted molar refractivity (Wildman–Crippen MR) is 205 cm³/mol. The number of rotatable bonds is 8. The number of piperidine rings is 1. The Balaban J connectivity index is 1.15. The summed E-state index contributed by atoms with van der Waals surface area (Å²) in [6.45, 7) is 13.6. The second-order valence-electron chi connectivity index (χ2n) is 14.9. The van der Waals surface area contributed by atoms with E-state index in [1.165, 1.54) is 5.39 Å². The standard InChI is InChI=1S/C40H46ClN5O4S/c1-7-18-49-34(47)21-30-24(2)19-32-37(35(30)25-8-11-28(41)12-9-25)51-38(42-32)27-10-13-33-31(20-27)36(43-44(33)6)26-14-16-45(17-15-26)29-22-46(23-29)39(48)50-40(3,4)5/h8-13,19-20,26,29H,7,14-18,21-23H2,1-6H3. The van der Waals surface area contributed by atoms with Crippen molar-refractivity contribution in [3.63, 3.8) is 0 Å². The summed E-state index contributed by atoms with van der Waals surface area (Å²) < 4.78 is 14.1. The molecule has 5 aromatic rings. The van der Waals surface area contributed by atoms with Gasteiger partial charge in [-0.25, -0.2) is 9.78 Å². The van der Waals surface area contributed by atoms with E-state index in [0.29, 0.717) is 23.6 Å². The highest BCUT2D eigenvalue weighted by Crippen LogP contribution is 2.42. The third-order valence-electron chi connectivity index (χ3n) is 10.0. The van der Waals surface area contributed by atoms with Crippen molar-refractivity contribution in [2.75, 3.05) is 32.8 Å². The van der Waals surface area contributed by atoms with Crippen LogP contribution in [0.4, 0.5) is 4.79 Å². The average Bonchev–Trinajstić information content (AvgIpc) is 3.64. The Labute approximate surface area is 308 Å². The molecule has 2 aromatic heterocycles. The van der Waals surface area contributed by atoms with Crippen molar-refractivity contribution in [3.05, 3.63) is 70.4 Å². The summed E-state index contributed by atoms with van der Waals surface area (Å²) in [5, 5.41) is 7.81. The Kier molecular flexibility index (Phi) is 9.86. The number of benzene rings is 3. The van der Waals surface area contributed by atoms with Crippen LogP contribution in [0, 0.1) is 6.92 Å². The molecule has 2 aliphatic rings. The maximum atomic E-state index is 12.9. The highest BCUT2D eigenvalue weighted by atomic mass is 35.5. The van der Waals surface area contributed by atoms with Crippen LogP contribution in [-0.2, 0) is 27.7 Å². The maximum Gasteiger partial charge on any atom is 0.410 e. The van der Waals surface area contributed by atoms with Crippen molar-refractivity contribution in [2.45, 2.75) is 77.9 Å². The van der Waals surface area contributed by atoms with Crippen LogP contribution in [0.1, 0.15) is 69.7 Å². The zero-order valence-corrected chi connectivity index (χ0v) is 31.9. The van der Waals surface area contributed by atoms with Gasteiger partial charge in [-0.1, -0.05) is 30.7 Å². The summed E-state index contributed by atoms with van der Waals surface area (Å²) >= 11 is 7.94. The Bertz CT molecular complexity index is 2090. The van der Waals surface area contributed by atoms with Gasteiger partial charge in [-0.05, 0) is 113 Å². The number of hydrogen-bond acceptors (Lipinski definition) is 8. The quantitative estimate of drug-likeness (QED) is 0.148. The van der Waals surface area contributed by atoms with Crippen LogP contribution >= 0.6 is 22.9 Å². The smallest absolute Gasteiger partial charge is 0.410 e. The fraction of sp³-hybridized carbons (Fsp3) is 0.450. The fourth-order valence-electron chi connectivity index (χ4n) is 7.35. The van der Waals surface area contributed by atoms with Crippen LogP contribution in [0.2, 0.25) is 5.02 Å². The van der Waals surface area contributed by atoms with Crippen LogP contribution in [0.3, 0.4) is 0 Å².